The van der Waals surface area contributed by atoms with Crippen molar-refractivity contribution in [2.24, 2.45) is 0 Å². The van der Waals surface area contributed by atoms with Crippen LogP contribution in [-0.4, -0.2) is 42.0 Å². The monoisotopic (exact) mass is 360 g/mol. The van der Waals surface area contributed by atoms with E-state index in [2.05, 4.69) is 39.1 Å². The normalized spacial score (nSPS) is 15.8. The van der Waals surface area contributed by atoms with E-state index in [1.54, 1.807) is 12.4 Å². The van der Waals surface area contributed by atoms with Crippen molar-refractivity contribution in [3.05, 3.63) is 64.4 Å². The van der Waals surface area contributed by atoms with Crippen LogP contribution >= 0.6 is 15.9 Å². The fraction of sp³-hybridized carbons (Fsp3) is 0.294. The summed E-state index contributed by atoms with van der Waals surface area (Å²) in [6.45, 7) is 4.58. The van der Waals surface area contributed by atoms with E-state index in [0.717, 1.165) is 37.2 Å². The highest BCUT2D eigenvalue weighted by Crippen LogP contribution is 2.11. The first-order valence-corrected chi connectivity index (χ1v) is 8.29. The molecule has 22 heavy (non-hydrogen) atoms. The van der Waals surface area contributed by atoms with E-state index in [-0.39, 0.29) is 5.91 Å². The molecule has 0 saturated carbocycles. The molecular formula is C17H19BrN3O+. The lowest BCUT2D eigenvalue weighted by Gasteiger charge is -2.32. The summed E-state index contributed by atoms with van der Waals surface area (Å²) >= 11 is 3.51. The molecule has 2 heterocycles. The van der Waals surface area contributed by atoms with E-state index in [1.165, 1.54) is 10.5 Å². The van der Waals surface area contributed by atoms with Crippen LogP contribution in [0.2, 0.25) is 0 Å². The molecule has 114 valence electrons. The Morgan fingerprint density at radius 1 is 1.23 bits per heavy atom. The van der Waals surface area contributed by atoms with Crippen molar-refractivity contribution in [1.82, 2.24) is 9.88 Å². The van der Waals surface area contributed by atoms with Gasteiger partial charge in [0.15, 0.2) is 0 Å². The van der Waals surface area contributed by atoms with Crippen LogP contribution in [-0.2, 0) is 6.54 Å². The van der Waals surface area contributed by atoms with Crippen LogP contribution in [0.15, 0.2) is 53.3 Å². The highest BCUT2D eigenvalue weighted by atomic mass is 79.9. The third kappa shape index (κ3) is 3.72. The van der Waals surface area contributed by atoms with Crippen molar-refractivity contribution in [2.45, 2.75) is 6.54 Å². The van der Waals surface area contributed by atoms with Crippen LogP contribution in [0.3, 0.4) is 0 Å². The van der Waals surface area contributed by atoms with Crippen LogP contribution in [0.4, 0.5) is 0 Å². The van der Waals surface area contributed by atoms with Gasteiger partial charge >= 0.3 is 0 Å². The highest BCUT2D eigenvalue weighted by molar-refractivity contribution is 9.10. The van der Waals surface area contributed by atoms with E-state index < -0.39 is 0 Å². The molecule has 1 saturated heterocycles. The van der Waals surface area contributed by atoms with Crippen molar-refractivity contribution in [3.8, 4) is 0 Å². The van der Waals surface area contributed by atoms with E-state index in [9.17, 15) is 4.79 Å². The van der Waals surface area contributed by atoms with Crippen LogP contribution in [0, 0.1) is 0 Å². The Bertz CT molecular complexity index is 639. The molecule has 1 amide bonds. The molecule has 0 aliphatic carbocycles. The topological polar surface area (TPSA) is 37.6 Å². The van der Waals surface area contributed by atoms with Crippen molar-refractivity contribution >= 4 is 21.8 Å². The maximum atomic E-state index is 12.4. The summed E-state index contributed by atoms with van der Waals surface area (Å²) in [5.74, 6) is 0.0922. The van der Waals surface area contributed by atoms with Crippen molar-refractivity contribution in [3.63, 3.8) is 0 Å². The van der Waals surface area contributed by atoms with Gasteiger partial charge in [0.25, 0.3) is 5.91 Å². The van der Waals surface area contributed by atoms with Crippen LogP contribution in [0.25, 0.3) is 0 Å². The maximum Gasteiger partial charge on any atom is 0.255 e. The summed E-state index contributed by atoms with van der Waals surface area (Å²) in [6, 6.07) is 12.1. The number of carbonyl (C=O) groups is 1. The van der Waals surface area contributed by atoms with Crippen LogP contribution in [0.1, 0.15) is 15.9 Å². The number of hydrogen-bond donors (Lipinski definition) is 1. The molecule has 1 N–H and O–H groups in total. The number of hydrogen-bond acceptors (Lipinski definition) is 2. The Hall–Kier alpha value is -1.72. The minimum atomic E-state index is 0.0922. The van der Waals surface area contributed by atoms with Gasteiger partial charge in [-0.25, -0.2) is 0 Å². The zero-order chi connectivity index (χ0) is 15.4. The smallest absolute Gasteiger partial charge is 0.255 e. The van der Waals surface area contributed by atoms with Gasteiger partial charge in [-0.1, -0.05) is 28.1 Å². The number of pyridine rings is 1. The number of benzene rings is 1. The van der Waals surface area contributed by atoms with Crippen LogP contribution in [0.5, 0.6) is 0 Å². The third-order valence-electron chi connectivity index (χ3n) is 4.01. The molecule has 1 aliphatic heterocycles. The van der Waals surface area contributed by atoms with Crippen molar-refractivity contribution in [1.29, 1.82) is 0 Å². The number of nitrogens with zero attached hydrogens (tertiary/aromatic N) is 2. The third-order valence-corrected chi connectivity index (χ3v) is 4.50. The van der Waals surface area contributed by atoms with Gasteiger partial charge in [-0.3, -0.25) is 9.78 Å². The summed E-state index contributed by atoms with van der Waals surface area (Å²) in [4.78, 5) is 19.9. The second-order valence-electron chi connectivity index (χ2n) is 5.59. The molecule has 5 heteroatoms. The molecule has 2 aromatic rings. The molecule has 4 nitrogen and oxygen atoms in total. The summed E-state index contributed by atoms with van der Waals surface area (Å²) in [6.07, 6.45) is 3.33. The molecule has 1 fully saturated rings. The Balaban J connectivity index is 1.55. The van der Waals surface area contributed by atoms with Gasteiger partial charge in [-0.05, 0) is 24.3 Å². The molecule has 1 aromatic carbocycles. The summed E-state index contributed by atoms with van der Waals surface area (Å²) in [5.41, 5.74) is 2.01. The summed E-state index contributed by atoms with van der Waals surface area (Å²) < 4.78 is 1.12. The number of amides is 1. The van der Waals surface area contributed by atoms with Gasteiger partial charge in [-0.15, -0.1) is 0 Å². The molecule has 0 spiro atoms. The number of halogens is 1. The molecule has 0 radical (unpaired) electrons. The molecule has 1 aromatic heterocycles. The molecule has 3 rings (SSSR count). The van der Waals surface area contributed by atoms with E-state index in [0.29, 0.717) is 5.56 Å². The van der Waals surface area contributed by atoms with Gasteiger partial charge < -0.3 is 9.80 Å². The number of quaternary nitrogens is 1. The standard InChI is InChI=1S/C17H18BrN3O/c18-16-5-1-3-14(11-16)13-20-7-9-21(10-8-20)17(22)15-4-2-6-19-12-15/h1-6,11-12H,7-10,13H2/p+1. The summed E-state index contributed by atoms with van der Waals surface area (Å²) in [5, 5.41) is 0. The lowest BCUT2D eigenvalue weighted by Crippen LogP contribution is -3.13. The Morgan fingerprint density at radius 3 is 2.73 bits per heavy atom. The minimum absolute atomic E-state index is 0.0922. The minimum Gasteiger partial charge on any atom is -0.328 e. The quantitative estimate of drug-likeness (QED) is 0.897. The number of piperazine rings is 1. The van der Waals surface area contributed by atoms with E-state index >= 15 is 0 Å². The predicted molar refractivity (Wildman–Crippen MR) is 88.7 cm³/mol. The van der Waals surface area contributed by atoms with Crippen molar-refractivity contribution in [2.75, 3.05) is 26.2 Å². The Kier molecular flexibility index (Phi) is 4.85. The van der Waals surface area contributed by atoms with Crippen molar-refractivity contribution < 1.29 is 9.69 Å². The first-order chi connectivity index (χ1) is 10.7. The molecule has 0 atom stereocenters. The van der Waals surface area contributed by atoms with Gasteiger partial charge in [0.05, 0.1) is 31.7 Å². The van der Waals surface area contributed by atoms with Crippen LogP contribution < -0.4 is 4.90 Å². The largest absolute Gasteiger partial charge is 0.328 e. The first kappa shape index (κ1) is 15.2. The van der Waals surface area contributed by atoms with Gasteiger partial charge in [0.2, 0.25) is 0 Å². The average Bonchev–Trinajstić information content (AvgIpc) is 2.56. The molecular weight excluding hydrogens is 342 g/mol. The summed E-state index contributed by atoms with van der Waals surface area (Å²) in [7, 11) is 0. The average molecular weight is 361 g/mol. The fourth-order valence-corrected chi connectivity index (χ4v) is 3.26. The van der Waals surface area contributed by atoms with Gasteiger partial charge in [0, 0.05) is 22.4 Å². The second-order valence-corrected chi connectivity index (χ2v) is 6.51. The Morgan fingerprint density at radius 2 is 2.05 bits per heavy atom. The SMILES string of the molecule is O=C(c1cccnc1)N1CC[NH+](Cc2cccc(Br)c2)CC1. The zero-order valence-electron chi connectivity index (χ0n) is 12.3. The molecule has 0 bridgehead atoms. The molecule has 1 aliphatic rings. The van der Waals surface area contributed by atoms with E-state index in [4.69, 9.17) is 0 Å². The first-order valence-electron chi connectivity index (χ1n) is 7.50. The maximum absolute atomic E-state index is 12.4. The highest BCUT2D eigenvalue weighted by Gasteiger charge is 2.24. The Labute approximate surface area is 138 Å². The number of carbonyl (C=O) groups excluding carboxylic acids is 1. The fourth-order valence-electron chi connectivity index (χ4n) is 2.81. The molecule has 0 unspecified atom stereocenters. The number of rotatable bonds is 3. The predicted octanol–water partition coefficient (Wildman–Crippen LogP) is 1.39. The second kappa shape index (κ2) is 7.03. The zero-order valence-corrected chi connectivity index (χ0v) is 13.9. The lowest BCUT2D eigenvalue weighted by atomic mass is 10.2. The van der Waals surface area contributed by atoms with Gasteiger partial charge in [0.1, 0.15) is 6.54 Å². The lowest BCUT2D eigenvalue weighted by molar-refractivity contribution is -0.917. The number of nitrogens with one attached hydrogen (secondary N) is 1. The van der Waals surface area contributed by atoms with Gasteiger partial charge in [-0.2, -0.15) is 0 Å². The van der Waals surface area contributed by atoms with E-state index in [1.807, 2.05) is 23.1 Å². The number of aromatic nitrogens is 1.